The van der Waals surface area contributed by atoms with E-state index >= 15 is 0 Å². The minimum Gasteiger partial charge on any atom is -0.332 e. The Morgan fingerprint density at radius 2 is 2.12 bits per heavy atom. The van der Waals surface area contributed by atoms with Gasteiger partial charge in [-0.25, -0.2) is 5.84 Å². The SMILES string of the molecule is CCN(O)N(N)S(=O)(=O)OC(=O)CC[C]=O. The number of hydroxylamine groups is 1. The molecule has 0 rings (SSSR count). The third-order valence-electron chi connectivity index (χ3n) is 1.37. The summed E-state index contributed by atoms with van der Waals surface area (Å²) in [6.45, 7) is 1.29. The van der Waals surface area contributed by atoms with Crippen LogP contribution in [0.2, 0.25) is 0 Å². The molecule has 0 saturated carbocycles. The van der Waals surface area contributed by atoms with Crippen LogP contribution in [0.4, 0.5) is 0 Å². The standard InChI is InChI=1S/C6H12N3O6S/c1-2-8(12)9(7)16(13,14)15-6(11)4-3-5-10/h12H,2-4,7H2,1H3. The first-order valence-corrected chi connectivity index (χ1v) is 5.55. The number of hydrogen-bond acceptors (Lipinski definition) is 8. The Labute approximate surface area is 92.5 Å². The second kappa shape index (κ2) is 6.50. The maximum Gasteiger partial charge on any atom is 0.416 e. The Hall–Kier alpha value is -1.07. The fourth-order valence-electron chi connectivity index (χ4n) is 0.605. The van der Waals surface area contributed by atoms with Crippen LogP contribution in [0.15, 0.2) is 0 Å². The van der Waals surface area contributed by atoms with Crippen LogP contribution in [0.1, 0.15) is 19.8 Å². The van der Waals surface area contributed by atoms with Gasteiger partial charge in [-0.05, 0) is 11.4 Å². The average molecular weight is 254 g/mol. The zero-order chi connectivity index (χ0) is 12.8. The summed E-state index contributed by atoms with van der Waals surface area (Å²) < 4.78 is 26.2. The first-order chi connectivity index (χ1) is 7.35. The second-order valence-electron chi connectivity index (χ2n) is 2.52. The molecule has 93 valence electrons. The van der Waals surface area contributed by atoms with Gasteiger partial charge in [0.25, 0.3) is 0 Å². The van der Waals surface area contributed by atoms with Gasteiger partial charge in [-0.3, -0.25) is 14.8 Å². The monoisotopic (exact) mass is 254 g/mol. The zero-order valence-corrected chi connectivity index (χ0v) is 9.31. The fraction of sp³-hybridized carbons (Fsp3) is 0.667. The molecule has 0 atom stereocenters. The van der Waals surface area contributed by atoms with Gasteiger partial charge >= 0.3 is 16.3 Å². The molecule has 0 aromatic carbocycles. The minimum atomic E-state index is -4.59. The fourth-order valence-corrected chi connectivity index (χ4v) is 1.35. The summed E-state index contributed by atoms with van der Waals surface area (Å²) in [5, 5.41) is 9.09. The average Bonchev–Trinajstić information content (AvgIpc) is 2.23. The number of hydrogen-bond donors (Lipinski definition) is 2. The summed E-state index contributed by atoms with van der Waals surface area (Å²) >= 11 is 0. The molecule has 9 nitrogen and oxygen atoms in total. The van der Waals surface area contributed by atoms with E-state index in [0.717, 1.165) is 0 Å². The molecular formula is C6H12N3O6S. The van der Waals surface area contributed by atoms with Gasteiger partial charge in [0, 0.05) is 13.0 Å². The summed E-state index contributed by atoms with van der Waals surface area (Å²) in [6, 6.07) is 0. The van der Waals surface area contributed by atoms with Crippen LogP contribution in [0.25, 0.3) is 0 Å². The highest BCUT2D eigenvalue weighted by Gasteiger charge is 2.27. The molecule has 0 saturated heterocycles. The summed E-state index contributed by atoms with van der Waals surface area (Å²) in [5.74, 6) is 3.79. The molecule has 0 spiro atoms. The van der Waals surface area contributed by atoms with Gasteiger partial charge in [0.15, 0.2) is 6.29 Å². The summed E-state index contributed by atoms with van der Waals surface area (Å²) in [5.41, 5.74) is 0. The van der Waals surface area contributed by atoms with E-state index in [-0.39, 0.29) is 22.7 Å². The molecule has 0 heterocycles. The lowest BCUT2D eigenvalue weighted by molar-refractivity contribution is -0.205. The Morgan fingerprint density at radius 3 is 2.56 bits per heavy atom. The molecule has 16 heavy (non-hydrogen) atoms. The van der Waals surface area contributed by atoms with Crippen molar-refractivity contribution in [2.75, 3.05) is 6.54 Å². The molecule has 0 aromatic rings. The van der Waals surface area contributed by atoms with E-state index < -0.39 is 22.7 Å². The lowest BCUT2D eigenvalue weighted by atomic mass is 10.3. The Morgan fingerprint density at radius 1 is 1.56 bits per heavy atom. The summed E-state index contributed by atoms with van der Waals surface area (Å²) in [4.78, 5) is 20.7. The lowest BCUT2D eigenvalue weighted by Crippen LogP contribution is -2.50. The molecule has 0 aliphatic carbocycles. The van der Waals surface area contributed by atoms with Gasteiger partial charge in [-0.15, -0.1) is 0 Å². The van der Waals surface area contributed by atoms with Crippen molar-refractivity contribution in [3.63, 3.8) is 0 Å². The van der Waals surface area contributed by atoms with Crippen LogP contribution in [0.3, 0.4) is 0 Å². The number of carbonyl (C=O) groups is 1. The van der Waals surface area contributed by atoms with E-state index in [1.807, 2.05) is 0 Å². The maximum atomic E-state index is 11.2. The highest BCUT2D eigenvalue weighted by atomic mass is 32.2. The Kier molecular flexibility index (Phi) is 6.06. The van der Waals surface area contributed by atoms with E-state index in [2.05, 4.69) is 4.18 Å². The number of hydrazine groups is 2. The van der Waals surface area contributed by atoms with E-state index in [9.17, 15) is 18.0 Å². The summed E-state index contributed by atoms with van der Waals surface area (Å²) in [7, 11) is -4.59. The van der Waals surface area contributed by atoms with Crippen LogP contribution >= 0.6 is 0 Å². The number of nitrogens with zero attached hydrogens (tertiary/aromatic N) is 2. The van der Waals surface area contributed by atoms with Crippen molar-refractivity contribution in [2.45, 2.75) is 19.8 Å². The van der Waals surface area contributed by atoms with Crippen LogP contribution < -0.4 is 5.84 Å². The molecule has 0 aromatic heterocycles. The van der Waals surface area contributed by atoms with Crippen LogP contribution in [-0.2, 0) is 24.1 Å². The molecule has 0 unspecified atom stereocenters. The highest BCUT2D eigenvalue weighted by Crippen LogP contribution is 2.03. The van der Waals surface area contributed by atoms with Crippen molar-refractivity contribution >= 4 is 22.6 Å². The van der Waals surface area contributed by atoms with Crippen molar-refractivity contribution in [3.05, 3.63) is 0 Å². The lowest BCUT2D eigenvalue weighted by Gasteiger charge is -2.21. The largest absolute Gasteiger partial charge is 0.416 e. The topological polar surface area (TPSA) is 130 Å². The maximum absolute atomic E-state index is 11.2. The van der Waals surface area contributed by atoms with Crippen molar-refractivity contribution in [2.24, 2.45) is 5.84 Å². The molecule has 0 fully saturated rings. The molecule has 0 aliphatic rings. The predicted molar refractivity (Wildman–Crippen MR) is 50.1 cm³/mol. The van der Waals surface area contributed by atoms with E-state index in [1.54, 1.807) is 0 Å². The quantitative estimate of drug-likeness (QED) is 0.413. The number of rotatable bonds is 7. The number of nitrogens with two attached hydrogens (primary N) is 1. The predicted octanol–water partition coefficient (Wildman–Crippen LogP) is -1.53. The first kappa shape index (κ1) is 14.9. The minimum absolute atomic E-state index is 0.129. The first-order valence-electron chi connectivity index (χ1n) is 4.18. The molecule has 1 radical (unpaired) electrons. The van der Waals surface area contributed by atoms with Crippen molar-refractivity contribution in [1.82, 2.24) is 9.70 Å². The van der Waals surface area contributed by atoms with Crippen LogP contribution in [-0.4, -0.2) is 42.1 Å². The van der Waals surface area contributed by atoms with Crippen molar-refractivity contribution < 1.29 is 27.4 Å². The van der Waals surface area contributed by atoms with Gasteiger partial charge in [0.1, 0.15) is 0 Å². The van der Waals surface area contributed by atoms with Gasteiger partial charge in [0.05, 0.1) is 6.42 Å². The molecule has 0 bridgehead atoms. The van der Waals surface area contributed by atoms with Gasteiger partial charge in [0.2, 0.25) is 0 Å². The van der Waals surface area contributed by atoms with E-state index in [1.165, 1.54) is 13.2 Å². The smallest absolute Gasteiger partial charge is 0.332 e. The second-order valence-corrected chi connectivity index (χ2v) is 3.91. The third kappa shape index (κ3) is 4.63. The highest BCUT2D eigenvalue weighted by molar-refractivity contribution is 7.84. The molecule has 10 heteroatoms. The van der Waals surface area contributed by atoms with Crippen molar-refractivity contribution in [3.8, 4) is 0 Å². The van der Waals surface area contributed by atoms with Crippen LogP contribution in [0, 0.1) is 0 Å². The van der Waals surface area contributed by atoms with Gasteiger partial charge in [-0.2, -0.15) is 8.42 Å². The van der Waals surface area contributed by atoms with E-state index in [0.29, 0.717) is 0 Å². The third-order valence-corrected chi connectivity index (χ3v) is 2.41. The number of carbonyl (C=O) groups excluding carboxylic acids is 2. The molecular weight excluding hydrogens is 242 g/mol. The Bertz CT molecular complexity index is 342. The zero-order valence-electron chi connectivity index (χ0n) is 8.49. The normalized spacial score (nSPS) is 11.8. The molecule has 0 amide bonds. The van der Waals surface area contributed by atoms with Crippen LogP contribution in [0.5, 0.6) is 0 Å². The molecule has 3 N–H and O–H groups in total. The van der Waals surface area contributed by atoms with Crippen molar-refractivity contribution in [1.29, 1.82) is 0 Å². The van der Waals surface area contributed by atoms with Gasteiger partial charge < -0.3 is 4.18 Å². The molecule has 0 aliphatic heterocycles. The van der Waals surface area contributed by atoms with E-state index in [4.69, 9.17) is 11.0 Å². The van der Waals surface area contributed by atoms with Gasteiger partial charge in [-0.1, -0.05) is 5.17 Å². The Balaban J connectivity index is 4.45. The summed E-state index contributed by atoms with van der Waals surface area (Å²) in [6.07, 6.45) is 0.679.